The maximum atomic E-state index is 14.2. The average molecular weight is 467 g/mol. The molecule has 2 heterocycles. The van der Waals surface area contributed by atoms with Gasteiger partial charge in [-0.15, -0.1) is 0 Å². The molecule has 2 aromatic heterocycles. The molecule has 178 valence electrons. The molecule has 0 spiro atoms. The SMILES string of the molecule is CCc1nc2c(N)nc3ccccc3c2n1CCCCNC(=O)c1cc(F)c(N(C)C)c(F)c1. The topological polar surface area (TPSA) is 89.1 Å². The largest absolute Gasteiger partial charge is 0.382 e. The number of rotatable bonds is 8. The summed E-state index contributed by atoms with van der Waals surface area (Å²) >= 11 is 0. The molecule has 3 N–H and O–H groups in total. The number of nitrogen functional groups attached to an aromatic ring is 1. The molecule has 0 aliphatic carbocycles. The van der Waals surface area contributed by atoms with E-state index in [1.165, 1.54) is 4.90 Å². The second-order valence-corrected chi connectivity index (χ2v) is 8.39. The normalized spacial score (nSPS) is 11.3. The van der Waals surface area contributed by atoms with E-state index in [0.29, 0.717) is 30.8 Å². The fraction of sp³-hybridized carbons (Fsp3) is 0.320. The van der Waals surface area contributed by atoms with Gasteiger partial charge in [0, 0.05) is 44.6 Å². The molecule has 0 fully saturated rings. The van der Waals surface area contributed by atoms with Crippen molar-refractivity contribution >= 4 is 39.3 Å². The quantitative estimate of drug-likeness (QED) is 0.378. The van der Waals surface area contributed by atoms with Gasteiger partial charge in [-0.25, -0.2) is 18.7 Å². The summed E-state index contributed by atoms with van der Waals surface area (Å²) in [5.74, 6) is -0.703. The Bertz CT molecular complexity index is 1340. The maximum Gasteiger partial charge on any atom is 0.251 e. The molecule has 34 heavy (non-hydrogen) atoms. The Labute approximate surface area is 196 Å². The van der Waals surface area contributed by atoms with Gasteiger partial charge < -0.3 is 20.5 Å². The Morgan fingerprint density at radius 3 is 2.50 bits per heavy atom. The highest BCUT2D eigenvalue weighted by atomic mass is 19.1. The van der Waals surface area contributed by atoms with Crippen LogP contribution in [0.2, 0.25) is 0 Å². The predicted molar refractivity (Wildman–Crippen MR) is 131 cm³/mol. The number of hydrogen-bond donors (Lipinski definition) is 2. The Balaban J connectivity index is 1.44. The van der Waals surface area contributed by atoms with Gasteiger partial charge in [-0.3, -0.25) is 4.79 Å². The summed E-state index contributed by atoms with van der Waals surface area (Å²) in [6, 6.07) is 9.96. The lowest BCUT2D eigenvalue weighted by atomic mass is 10.1. The van der Waals surface area contributed by atoms with E-state index in [1.807, 2.05) is 31.2 Å². The Morgan fingerprint density at radius 1 is 1.12 bits per heavy atom. The van der Waals surface area contributed by atoms with Gasteiger partial charge in [0.15, 0.2) is 5.82 Å². The maximum absolute atomic E-state index is 14.2. The minimum Gasteiger partial charge on any atom is -0.382 e. The zero-order valence-electron chi connectivity index (χ0n) is 19.5. The van der Waals surface area contributed by atoms with Crippen LogP contribution in [0.25, 0.3) is 21.9 Å². The van der Waals surface area contributed by atoms with E-state index in [1.54, 1.807) is 14.1 Å². The van der Waals surface area contributed by atoms with Crippen molar-refractivity contribution in [1.82, 2.24) is 19.9 Å². The average Bonchev–Trinajstić information content (AvgIpc) is 3.17. The van der Waals surface area contributed by atoms with Crippen LogP contribution in [0.1, 0.15) is 35.9 Å². The van der Waals surface area contributed by atoms with Crippen molar-refractivity contribution in [3.8, 4) is 0 Å². The van der Waals surface area contributed by atoms with Crippen molar-refractivity contribution in [3.05, 3.63) is 59.4 Å². The zero-order valence-corrected chi connectivity index (χ0v) is 19.5. The lowest BCUT2D eigenvalue weighted by Gasteiger charge is -2.15. The summed E-state index contributed by atoms with van der Waals surface area (Å²) in [6.07, 6.45) is 2.21. The van der Waals surface area contributed by atoms with E-state index < -0.39 is 17.5 Å². The van der Waals surface area contributed by atoms with Gasteiger partial charge >= 0.3 is 0 Å². The first-order valence-electron chi connectivity index (χ1n) is 11.3. The third-order valence-corrected chi connectivity index (χ3v) is 5.83. The first-order valence-corrected chi connectivity index (χ1v) is 11.3. The molecule has 0 radical (unpaired) electrons. The third-order valence-electron chi connectivity index (χ3n) is 5.83. The molecule has 1 amide bonds. The number of hydrogen-bond acceptors (Lipinski definition) is 5. The van der Waals surface area contributed by atoms with Crippen LogP contribution in [0.3, 0.4) is 0 Å². The summed E-state index contributed by atoms with van der Waals surface area (Å²) in [6.45, 7) is 3.13. The molecule has 0 aliphatic heterocycles. The standard InChI is InChI=1S/C25H28F2N6O/c1-4-20-31-21-22(16-9-5-6-10-19(16)30-24(21)28)33(20)12-8-7-11-29-25(34)15-13-17(26)23(32(2)3)18(27)14-15/h5-6,9-10,13-14H,4,7-8,11-12H2,1-3H3,(H2,28,30)(H,29,34). The summed E-state index contributed by atoms with van der Waals surface area (Å²) in [4.78, 5) is 22.9. The lowest BCUT2D eigenvalue weighted by molar-refractivity contribution is 0.0952. The van der Waals surface area contributed by atoms with Crippen molar-refractivity contribution in [1.29, 1.82) is 0 Å². The van der Waals surface area contributed by atoms with E-state index in [2.05, 4.69) is 14.9 Å². The van der Waals surface area contributed by atoms with Crippen LogP contribution in [0.5, 0.6) is 0 Å². The van der Waals surface area contributed by atoms with Crippen molar-refractivity contribution in [2.24, 2.45) is 0 Å². The van der Waals surface area contributed by atoms with Crippen LogP contribution >= 0.6 is 0 Å². The number of fused-ring (bicyclic) bond motifs is 3. The lowest BCUT2D eigenvalue weighted by Crippen LogP contribution is -2.25. The molecule has 0 bridgehead atoms. The Morgan fingerprint density at radius 2 is 1.82 bits per heavy atom. The number of benzene rings is 2. The summed E-state index contributed by atoms with van der Waals surface area (Å²) in [5, 5.41) is 3.74. The van der Waals surface area contributed by atoms with Crippen LogP contribution in [0, 0.1) is 11.6 Å². The molecule has 0 saturated heterocycles. The van der Waals surface area contributed by atoms with Crippen LogP contribution in [-0.2, 0) is 13.0 Å². The minimum absolute atomic E-state index is 0.0380. The summed E-state index contributed by atoms with van der Waals surface area (Å²) in [7, 11) is 3.09. The molecule has 7 nitrogen and oxygen atoms in total. The number of amides is 1. The van der Waals surface area contributed by atoms with Crippen molar-refractivity contribution in [3.63, 3.8) is 0 Å². The van der Waals surface area contributed by atoms with Crippen LogP contribution in [0.15, 0.2) is 36.4 Å². The first kappa shape index (κ1) is 23.4. The van der Waals surface area contributed by atoms with Crippen LogP contribution < -0.4 is 16.0 Å². The Kier molecular flexibility index (Phi) is 6.63. The monoisotopic (exact) mass is 466 g/mol. The number of anilines is 2. The summed E-state index contributed by atoms with van der Waals surface area (Å²) in [5.41, 5.74) is 8.47. The number of carbonyl (C=O) groups excluding carboxylic acids is 1. The van der Waals surface area contributed by atoms with E-state index in [0.717, 1.165) is 47.2 Å². The van der Waals surface area contributed by atoms with Crippen molar-refractivity contribution in [2.75, 3.05) is 31.3 Å². The van der Waals surface area contributed by atoms with Gasteiger partial charge in [0.1, 0.15) is 28.7 Å². The summed E-state index contributed by atoms with van der Waals surface area (Å²) < 4.78 is 30.5. The van der Waals surface area contributed by atoms with Crippen LogP contribution in [0.4, 0.5) is 20.3 Å². The van der Waals surface area contributed by atoms with Gasteiger partial charge in [-0.2, -0.15) is 0 Å². The smallest absolute Gasteiger partial charge is 0.251 e. The molecule has 0 aliphatic rings. The second-order valence-electron chi connectivity index (χ2n) is 8.39. The molecule has 0 atom stereocenters. The fourth-order valence-corrected chi connectivity index (χ4v) is 4.24. The second kappa shape index (κ2) is 9.62. The van der Waals surface area contributed by atoms with Crippen molar-refractivity contribution < 1.29 is 13.6 Å². The molecule has 0 saturated carbocycles. The van der Waals surface area contributed by atoms with Crippen molar-refractivity contribution in [2.45, 2.75) is 32.7 Å². The minimum atomic E-state index is -0.768. The van der Waals surface area contributed by atoms with Crippen LogP contribution in [-0.4, -0.2) is 41.1 Å². The number of unbranched alkanes of at least 4 members (excludes halogenated alkanes) is 1. The number of aryl methyl sites for hydroxylation is 2. The molecular formula is C25H28F2N6O. The molecule has 4 aromatic rings. The number of pyridine rings is 1. The highest BCUT2D eigenvalue weighted by molar-refractivity contribution is 6.06. The number of nitrogens with zero attached hydrogens (tertiary/aromatic N) is 4. The predicted octanol–water partition coefficient (Wildman–Crippen LogP) is 4.28. The number of nitrogens with one attached hydrogen (secondary N) is 1. The van der Waals surface area contributed by atoms with Gasteiger partial charge in [-0.1, -0.05) is 25.1 Å². The first-order chi connectivity index (χ1) is 16.3. The van der Waals surface area contributed by atoms with Gasteiger partial charge in [0.25, 0.3) is 5.91 Å². The highest BCUT2D eigenvalue weighted by Crippen LogP contribution is 2.29. The molecule has 4 rings (SSSR count). The number of para-hydroxylation sites is 1. The molecule has 9 heteroatoms. The highest BCUT2D eigenvalue weighted by Gasteiger charge is 2.18. The van der Waals surface area contributed by atoms with Gasteiger partial charge in [0.2, 0.25) is 0 Å². The Hall–Kier alpha value is -3.75. The van der Waals surface area contributed by atoms with E-state index in [4.69, 9.17) is 10.7 Å². The molecule has 2 aromatic carbocycles. The number of imidazole rings is 1. The number of halogens is 2. The fourth-order valence-electron chi connectivity index (χ4n) is 4.24. The van der Waals surface area contributed by atoms with Gasteiger partial charge in [-0.05, 0) is 31.0 Å². The molecular weight excluding hydrogens is 438 g/mol. The van der Waals surface area contributed by atoms with Gasteiger partial charge in [0.05, 0.1) is 11.0 Å². The molecule has 0 unspecified atom stereocenters. The third kappa shape index (κ3) is 4.37. The zero-order chi connectivity index (χ0) is 24.4. The van der Waals surface area contributed by atoms with E-state index >= 15 is 0 Å². The van der Waals surface area contributed by atoms with E-state index in [9.17, 15) is 13.6 Å². The number of nitrogens with two attached hydrogens (primary N) is 1. The number of carbonyl (C=O) groups is 1. The number of aromatic nitrogens is 3. The van der Waals surface area contributed by atoms with E-state index in [-0.39, 0.29) is 11.3 Å².